The van der Waals surface area contributed by atoms with E-state index in [-0.39, 0.29) is 5.91 Å². The van der Waals surface area contributed by atoms with E-state index >= 15 is 0 Å². The second kappa shape index (κ2) is 7.78. The lowest BCUT2D eigenvalue weighted by molar-refractivity contribution is 0.102. The van der Waals surface area contributed by atoms with Gasteiger partial charge in [0.05, 0.1) is 33.6 Å². The van der Waals surface area contributed by atoms with Gasteiger partial charge in [0.1, 0.15) is 5.82 Å². The fourth-order valence-electron chi connectivity index (χ4n) is 3.98. The Morgan fingerprint density at radius 3 is 2.36 bits per heavy atom. The highest BCUT2D eigenvalue weighted by atomic mass is 16.1. The van der Waals surface area contributed by atoms with Crippen molar-refractivity contribution >= 4 is 33.7 Å². The van der Waals surface area contributed by atoms with E-state index in [0.717, 1.165) is 44.6 Å². The third-order valence-electron chi connectivity index (χ3n) is 5.86. The van der Waals surface area contributed by atoms with Gasteiger partial charge in [-0.2, -0.15) is 9.78 Å². The summed E-state index contributed by atoms with van der Waals surface area (Å²) in [5, 5.41) is 8.69. The van der Waals surface area contributed by atoms with E-state index in [2.05, 4.69) is 33.4 Å². The second-order valence-electron chi connectivity index (χ2n) is 8.40. The van der Waals surface area contributed by atoms with Crippen molar-refractivity contribution in [3.05, 3.63) is 82.3 Å². The van der Waals surface area contributed by atoms with Crippen LogP contribution in [0, 0.1) is 34.6 Å². The van der Waals surface area contributed by atoms with Gasteiger partial charge in [-0.05, 0) is 70.0 Å². The van der Waals surface area contributed by atoms with Crippen LogP contribution in [0.2, 0.25) is 0 Å². The number of fused-ring (bicyclic) bond motifs is 2. The largest absolute Gasteiger partial charge is 0.306 e. The van der Waals surface area contributed by atoms with Crippen molar-refractivity contribution in [2.24, 2.45) is 0 Å². The van der Waals surface area contributed by atoms with Gasteiger partial charge in [-0.3, -0.25) is 4.79 Å². The van der Waals surface area contributed by atoms with Crippen LogP contribution >= 0.6 is 0 Å². The molecule has 0 aliphatic rings. The van der Waals surface area contributed by atoms with E-state index in [1.165, 1.54) is 0 Å². The number of nitrogens with zero attached hydrogens (tertiary/aromatic N) is 5. The third kappa shape index (κ3) is 3.71. The summed E-state index contributed by atoms with van der Waals surface area (Å²) in [7, 11) is 0. The Bertz CT molecular complexity index is 1570. The predicted molar refractivity (Wildman–Crippen MR) is 130 cm³/mol. The fourth-order valence-corrected chi connectivity index (χ4v) is 3.98. The number of carbonyl (C=O) groups excluding carboxylic acids is 1. The third-order valence-corrected chi connectivity index (χ3v) is 5.86. The van der Waals surface area contributed by atoms with Gasteiger partial charge in [-0.15, -0.1) is 0 Å². The molecule has 1 N–H and O–H groups in total. The van der Waals surface area contributed by atoms with Crippen LogP contribution in [0.5, 0.6) is 0 Å². The molecule has 0 saturated heterocycles. The van der Waals surface area contributed by atoms with Crippen molar-refractivity contribution in [3.8, 4) is 5.82 Å². The van der Waals surface area contributed by atoms with E-state index in [9.17, 15) is 4.79 Å². The molecule has 0 spiro atoms. The molecule has 0 unspecified atom stereocenters. The average molecular weight is 437 g/mol. The Balaban J connectivity index is 1.53. The molecule has 33 heavy (non-hydrogen) atoms. The lowest BCUT2D eigenvalue weighted by atomic mass is 10.1. The van der Waals surface area contributed by atoms with Gasteiger partial charge in [0.15, 0.2) is 5.82 Å². The van der Waals surface area contributed by atoms with Crippen molar-refractivity contribution < 1.29 is 4.79 Å². The minimum Gasteiger partial charge on any atom is -0.306 e. The van der Waals surface area contributed by atoms with Gasteiger partial charge in [0, 0.05) is 17.0 Å². The highest BCUT2D eigenvalue weighted by Crippen LogP contribution is 2.25. The maximum Gasteiger partial charge on any atom is 0.256 e. The van der Waals surface area contributed by atoms with Crippen LogP contribution in [-0.4, -0.2) is 30.6 Å². The smallest absolute Gasteiger partial charge is 0.256 e. The van der Waals surface area contributed by atoms with Gasteiger partial charge >= 0.3 is 0 Å². The Hall–Kier alpha value is -4.13. The number of rotatable bonds is 3. The molecule has 3 heterocycles. The number of para-hydroxylation sites is 1. The first-order valence-corrected chi connectivity index (χ1v) is 10.8. The van der Waals surface area contributed by atoms with Gasteiger partial charge in [-0.25, -0.2) is 15.0 Å². The summed E-state index contributed by atoms with van der Waals surface area (Å²) in [5.74, 6) is 0.976. The normalized spacial score (nSPS) is 11.3. The fraction of sp³-hybridized carbons (Fsp3) is 0.192. The molecule has 5 aromatic rings. The van der Waals surface area contributed by atoms with Crippen LogP contribution in [0.3, 0.4) is 0 Å². The molecular weight excluding hydrogens is 412 g/mol. The van der Waals surface area contributed by atoms with Crippen LogP contribution in [0.25, 0.3) is 27.8 Å². The molecule has 1 amide bonds. The Labute approximate surface area is 191 Å². The summed E-state index contributed by atoms with van der Waals surface area (Å²) in [6, 6.07) is 15.3. The number of aromatic nitrogens is 5. The number of anilines is 1. The molecule has 0 aliphatic carbocycles. The number of amides is 1. The number of benzene rings is 2. The minimum absolute atomic E-state index is 0.244. The van der Waals surface area contributed by atoms with Crippen LogP contribution < -0.4 is 5.32 Å². The molecule has 7 nitrogen and oxygen atoms in total. The number of aryl methyl sites for hydroxylation is 5. The van der Waals surface area contributed by atoms with E-state index < -0.39 is 0 Å². The van der Waals surface area contributed by atoms with Gasteiger partial charge in [0.25, 0.3) is 5.91 Å². The zero-order valence-corrected chi connectivity index (χ0v) is 19.3. The Morgan fingerprint density at radius 2 is 1.58 bits per heavy atom. The predicted octanol–water partition coefficient (Wildman–Crippen LogP) is 5.16. The first kappa shape index (κ1) is 20.8. The molecule has 5 rings (SSSR count). The molecular formula is C26H24N6O. The van der Waals surface area contributed by atoms with Crippen molar-refractivity contribution in [1.82, 2.24) is 24.7 Å². The maximum absolute atomic E-state index is 13.1. The van der Waals surface area contributed by atoms with Gasteiger partial charge in [-0.1, -0.05) is 18.2 Å². The molecule has 0 saturated carbocycles. The molecule has 0 fully saturated rings. The minimum atomic E-state index is -0.244. The van der Waals surface area contributed by atoms with Crippen molar-refractivity contribution in [3.63, 3.8) is 0 Å². The van der Waals surface area contributed by atoms with Crippen LogP contribution in [0.15, 0.2) is 48.5 Å². The van der Waals surface area contributed by atoms with Crippen LogP contribution in [-0.2, 0) is 0 Å². The molecule has 0 radical (unpaired) electrons. The topological polar surface area (TPSA) is 85.6 Å². The van der Waals surface area contributed by atoms with Gasteiger partial charge in [0.2, 0.25) is 0 Å². The zero-order valence-electron chi connectivity index (χ0n) is 19.3. The number of carbonyl (C=O) groups is 1. The monoisotopic (exact) mass is 436 g/mol. The summed E-state index contributed by atoms with van der Waals surface area (Å²) < 4.78 is 1.68. The average Bonchev–Trinajstić information content (AvgIpc) is 3.14. The summed E-state index contributed by atoms with van der Waals surface area (Å²) in [4.78, 5) is 27.1. The summed E-state index contributed by atoms with van der Waals surface area (Å²) >= 11 is 0. The molecule has 0 aliphatic heterocycles. The van der Waals surface area contributed by atoms with E-state index in [1.807, 2.05) is 58.0 Å². The SMILES string of the molecule is Cc1cc(NC(=O)c2ccc3nc(C)c(C)nc3c2)n(-c2cc(C)c3cccc(C)c3n2)n1. The molecule has 164 valence electrons. The standard InChI is InChI=1S/C26H24N6O/c1-14-7-6-8-20-15(2)11-23(29-25(14)20)32-24(12-16(3)31-32)30-26(33)19-9-10-21-22(13-19)28-18(5)17(4)27-21/h6-13H,1-5H3,(H,30,33). The Kier molecular flexibility index (Phi) is 4.89. The molecule has 0 atom stereocenters. The maximum atomic E-state index is 13.1. The van der Waals surface area contributed by atoms with E-state index in [4.69, 9.17) is 4.98 Å². The second-order valence-corrected chi connectivity index (χ2v) is 8.40. The Morgan fingerprint density at radius 1 is 0.818 bits per heavy atom. The van der Waals surface area contributed by atoms with Crippen molar-refractivity contribution in [1.29, 1.82) is 0 Å². The van der Waals surface area contributed by atoms with Gasteiger partial charge < -0.3 is 5.32 Å². The summed E-state index contributed by atoms with van der Waals surface area (Å²) in [6.07, 6.45) is 0. The molecule has 2 aromatic carbocycles. The zero-order chi connectivity index (χ0) is 23.3. The van der Waals surface area contributed by atoms with E-state index in [0.29, 0.717) is 22.7 Å². The first-order chi connectivity index (χ1) is 15.8. The summed E-state index contributed by atoms with van der Waals surface area (Å²) in [6.45, 7) is 9.83. The number of hydrogen-bond donors (Lipinski definition) is 1. The van der Waals surface area contributed by atoms with Crippen molar-refractivity contribution in [2.45, 2.75) is 34.6 Å². The van der Waals surface area contributed by atoms with Crippen molar-refractivity contribution in [2.75, 3.05) is 5.32 Å². The lowest BCUT2D eigenvalue weighted by Crippen LogP contribution is -2.16. The highest BCUT2D eigenvalue weighted by Gasteiger charge is 2.16. The molecule has 7 heteroatoms. The molecule has 3 aromatic heterocycles. The quantitative estimate of drug-likeness (QED) is 0.422. The summed E-state index contributed by atoms with van der Waals surface area (Å²) in [5.41, 5.74) is 7.59. The highest BCUT2D eigenvalue weighted by molar-refractivity contribution is 6.05. The van der Waals surface area contributed by atoms with Crippen LogP contribution in [0.4, 0.5) is 5.82 Å². The van der Waals surface area contributed by atoms with E-state index in [1.54, 1.807) is 16.8 Å². The van der Waals surface area contributed by atoms with Crippen LogP contribution in [0.1, 0.15) is 38.6 Å². The lowest BCUT2D eigenvalue weighted by Gasteiger charge is -2.12. The first-order valence-electron chi connectivity index (χ1n) is 10.8. The number of hydrogen-bond acceptors (Lipinski definition) is 5. The number of pyridine rings is 1. The number of nitrogens with one attached hydrogen (secondary N) is 1. The molecule has 0 bridgehead atoms.